The molecule has 1 aliphatic carbocycles. The van der Waals surface area contributed by atoms with E-state index in [1.54, 1.807) is 0 Å². The third kappa shape index (κ3) is 3.82. The normalized spacial score (nSPS) is 14.2. The first kappa shape index (κ1) is 18.7. The van der Waals surface area contributed by atoms with Crippen LogP contribution in [0.5, 0.6) is 0 Å². The Balaban J connectivity index is 2.00. The molecule has 0 aliphatic heterocycles. The van der Waals surface area contributed by atoms with Crippen molar-refractivity contribution in [2.45, 2.75) is 13.8 Å². The highest BCUT2D eigenvalue weighted by Crippen LogP contribution is 2.37. The van der Waals surface area contributed by atoms with Crippen LogP contribution >= 0.6 is 22.6 Å². The first-order chi connectivity index (χ1) is 13.6. The molecule has 3 aromatic carbocycles. The molecule has 0 fully saturated rings. The maximum absolute atomic E-state index is 3.72. The summed E-state index contributed by atoms with van der Waals surface area (Å²) in [7, 11) is 0. The molecule has 0 spiro atoms. The predicted octanol–water partition coefficient (Wildman–Crippen LogP) is 7.79. The summed E-state index contributed by atoms with van der Waals surface area (Å²) in [6, 6.07) is 29.9. The smallest absolute Gasteiger partial charge is 0.0275 e. The Morgan fingerprint density at radius 2 is 1.21 bits per heavy atom. The van der Waals surface area contributed by atoms with Gasteiger partial charge in [-0.2, -0.15) is 0 Å². The predicted molar refractivity (Wildman–Crippen MR) is 129 cm³/mol. The number of benzene rings is 3. The minimum atomic E-state index is 1.16. The number of halogens is 1. The van der Waals surface area contributed by atoms with E-state index >= 15 is 0 Å². The highest BCUT2D eigenvalue weighted by atomic mass is 127. The summed E-state index contributed by atoms with van der Waals surface area (Å²) >= 11 is 2.35. The number of hydrogen-bond donors (Lipinski definition) is 0. The molecule has 3 aromatic rings. The van der Waals surface area contributed by atoms with E-state index in [1.165, 1.54) is 37.0 Å². The van der Waals surface area contributed by atoms with Gasteiger partial charge >= 0.3 is 0 Å². The molecule has 0 bridgehead atoms. The molecule has 28 heavy (non-hydrogen) atoms. The summed E-state index contributed by atoms with van der Waals surface area (Å²) in [5.74, 6) is 0. The van der Waals surface area contributed by atoms with Crippen LogP contribution in [0.25, 0.3) is 16.7 Å². The Hall–Kier alpha value is -2.61. The Kier molecular flexibility index (Phi) is 5.47. The number of rotatable bonds is 3. The Labute approximate surface area is 180 Å². The molecular weight excluding hydrogens is 451 g/mol. The van der Waals surface area contributed by atoms with E-state index in [2.05, 4.69) is 133 Å². The lowest BCUT2D eigenvalue weighted by molar-refractivity contribution is 1.48. The SMILES string of the molecule is CC1=C=C(c2ccc(I)cc2)C(C)=C(c2ccccc2)C=C1c1ccccc1. The minimum Gasteiger partial charge on any atom is -0.108 e. The monoisotopic (exact) mass is 472 g/mol. The fourth-order valence-corrected chi connectivity index (χ4v) is 3.94. The summed E-state index contributed by atoms with van der Waals surface area (Å²) in [6.45, 7) is 4.37. The molecule has 0 saturated carbocycles. The van der Waals surface area contributed by atoms with Crippen LogP contribution in [0.3, 0.4) is 0 Å². The van der Waals surface area contributed by atoms with Crippen LogP contribution in [0.15, 0.2) is 108 Å². The Morgan fingerprint density at radius 1 is 0.643 bits per heavy atom. The van der Waals surface area contributed by atoms with Gasteiger partial charge in [0.25, 0.3) is 0 Å². The topological polar surface area (TPSA) is 0 Å². The molecule has 0 atom stereocenters. The Morgan fingerprint density at radius 3 is 1.82 bits per heavy atom. The molecule has 0 N–H and O–H groups in total. The highest BCUT2D eigenvalue weighted by Gasteiger charge is 2.16. The summed E-state index contributed by atoms with van der Waals surface area (Å²) in [5.41, 5.74) is 13.4. The van der Waals surface area contributed by atoms with Gasteiger partial charge in [0.2, 0.25) is 0 Å². The molecule has 136 valence electrons. The van der Waals surface area contributed by atoms with Crippen molar-refractivity contribution in [2.75, 3.05) is 0 Å². The minimum absolute atomic E-state index is 1.16. The van der Waals surface area contributed by atoms with Gasteiger partial charge in [-0.05, 0) is 93.6 Å². The van der Waals surface area contributed by atoms with E-state index in [1.807, 2.05) is 0 Å². The summed E-state index contributed by atoms with van der Waals surface area (Å²) in [6.07, 6.45) is 2.32. The zero-order valence-corrected chi connectivity index (χ0v) is 18.2. The maximum Gasteiger partial charge on any atom is 0.0275 e. The number of hydrogen-bond acceptors (Lipinski definition) is 0. The van der Waals surface area contributed by atoms with Gasteiger partial charge in [-0.1, -0.05) is 72.8 Å². The molecule has 1 aliphatic rings. The molecule has 0 saturated heterocycles. The lowest BCUT2D eigenvalue weighted by atomic mass is 9.91. The van der Waals surface area contributed by atoms with E-state index in [-0.39, 0.29) is 0 Å². The van der Waals surface area contributed by atoms with Gasteiger partial charge in [0.15, 0.2) is 0 Å². The standard InChI is InChI=1S/C27H21I/c1-19-17-26(23-13-15-24(28)16-14-23)20(2)27(22-11-7-4-8-12-22)18-25(19)21-9-5-3-6-10-21/h3-16,18H,1-2H3. The largest absolute Gasteiger partial charge is 0.108 e. The average Bonchev–Trinajstić information content (AvgIpc) is 2.86. The molecular formula is C27H21I. The van der Waals surface area contributed by atoms with Crippen molar-refractivity contribution in [1.29, 1.82) is 0 Å². The van der Waals surface area contributed by atoms with Crippen molar-refractivity contribution >= 4 is 39.3 Å². The fraction of sp³-hybridized carbons (Fsp3) is 0.0741. The van der Waals surface area contributed by atoms with Gasteiger partial charge in [0.05, 0.1) is 0 Å². The molecule has 4 rings (SSSR count). The van der Waals surface area contributed by atoms with Crippen molar-refractivity contribution in [3.05, 3.63) is 128 Å². The lowest BCUT2D eigenvalue weighted by Gasteiger charge is -2.12. The van der Waals surface area contributed by atoms with Crippen molar-refractivity contribution in [2.24, 2.45) is 0 Å². The average molecular weight is 472 g/mol. The third-order valence-electron chi connectivity index (χ3n) is 5.09. The van der Waals surface area contributed by atoms with Crippen LogP contribution in [0, 0.1) is 3.57 Å². The first-order valence-corrected chi connectivity index (χ1v) is 10.5. The van der Waals surface area contributed by atoms with Gasteiger partial charge in [-0.3, -0.25) is 0 Å². The van der Waals surface area contributed by atoms with Crippen LogP contribution < -0.4 is 0 Å². The summed E-state index contributed by atoms with van der Waals surface area (Å²) in [5, 5.41) is 0. The van der Waals surface area contributed by atoms with Gasteiger partial charge in [0, 0.05) is 9.14 Å². The van der Waals surface area contributed by atoms with Crippen LogP contribution in [-0.4, -0.2) is 0 Å². The fourth-order valence-electron chi connectivity index (χ4n) is 3.58. The lowest BCUT2D eigenvalue weighted by Crippen LogP contribution is -1.91. The zero-order chi connectivity index (χ0) is 19.5. The van der Waals surface area contributed by atoms with Crippen LogP contribution in [0.2, 0.25) is 0 Å². The van der Waals surface area contributed by atoms with Gasteiger partial charge in [-0.15, -0.1) is 5.73 Å². The second-order valence-corrected chi connectivity index (χ2v) is 8.21. The van der Waals surface area contributed by atoms with Crippen molar-refractivity contribution in [1.82, 2.24) is 0 Å². The molecule has 0 heterocycles. The van der Waals surface area contributed by atoms with E-state index in [4.69, 9.17) is 0 Å². The van der Waals surface area contributed by atoms with E-state index < -0.39 is 0 Å². The highest BCUT2D eigenvalue weighted by molar-refractivity contribution is 14.1. The third-order valence-corrected chi connectivity index (χ3v) is 5.81. The zero-order valence-electron chi connectivity index (χ0n) is 16.0. The first-order valence-electron chi connectivity index (χ1n) is 9.41. The van der Waals surface area contributed by atoms with E-state index in [0.717, 1.165) is 11.1 Å². The second kappa shape index (κ2) is 8.18. The summed E-state index contributed by atoms with van der Waals surface area (Å²) < 4.78 is 1.24. The van der Waals surface area contributed by atoms with Crippen molar-refractivity contribution in [3.8, 4) is 0 Å². The molecule has 1 heteroatoms. The van der Waals surface area contributed by atoms with Gasteiger partial charge in [-0.25, -0.2) is 0 Å². The van der Waals surface area contributed by atoms with E-state index in [0.29, 0.717) is 0 Å². The second-order valence-electron chi connectivity index (χ2n) is 6.96. The molecule has 0 nitrogen and oxygen atoms in total. The molecule has 0 aromatic heterocycles. The number of allylic oxidation sites excluding steroid dienone is 5. The molecule has 0 amide bonds. The Bertz CT molecular complexity index is 1120. The van der Waals surface area contributed by atoms with E-state index in [9.17, 15) is 0 Å². The maximum atomic E-state index is 3.72. The van der Waals surface area contributed by atoms with Crippen LogP contribution in [0.4, 0.5) is 0 Å². The van der Waals surface area contributed by atoms with Crippen molar-refractivity contribution in [3.63, 3.8) is 0 Å². The van der Waals surface area contributed by atoms with Crippen LogP contribution in [0.1, 0.15) is 30.5 Å². The van der Waals surface area contributed by atoms with Gasteiger partial charge < -0.3 is 0 Å². The van der Waals surface area contributed by atoms with Gasteiger partial charge in [0.1, 0.15) is 0 Å². The summed E-state index contributed by atoms with van der Waals surface area (Å²) in [4.78, 5) is 0. The van der Waals surface area contributed by atoms with Crippen LogP contribution in [-0.2, 0) is 0 Å². The van der Waals surface area contributed by atoms with Crippen molar-refractivity contribution < 1.29 is 0 Å². The molecule has 0 radical (unpaired) electrons. The quantitative estimate of drug-likeness (QED) is 0.270. The molecule has 0 unspecified atom stereocenters.